The van der Waals surface area contributed by atoms with Crippen LogP contribution in [0.15, 0.2) is 0 Å². The standard InChI is InChI=1S/C21H29NO3S/c1-3-8-25-21(24)18-15-7-4-12(2)9-17(15)26-20(18)22-19(23)16-11-13-5-6-14(16)10-13/h12-14,16H,3-11H2,1-2H3,(H,22,23)/t12-,13-,14-,16-/m1/s1. The van der Waals surface area contributed by atoms with Gasteiger partial charge in [0.15, 0.2) is 0 Å². The number of thiophene rings is 1. The van der Waals surface area contributed by atoms with Gasteiger partial charge in [-0.05, 0) is 68.3 Å². The molecule has 2 fully saturated rings. The summed E-state index contributed by atoms with van der Waals surface area (Å²) < 4.78 is 5.44. The van der Waals surface area contributed by atoms with Crippen LogP contribution < -0.4 is 5.32 Å². The van der Waals surface area contributed by atoms with Gasteiger partial charge in [0.05, 0.1) is 12.2 Å². The van der Waals surface area contributed by atoms with E-state index in [1.165, 1.54) is 24.1 Å². The lowest BCUT2D eigenvalue weighted by atomic mass is 9.87. The summed E-state index contributed by atoms with van der Waals surface area (Å²) >= 11 is 1.60. The summed E-state index contributed by atoms with van der Waals surface area (Å²) in [5, 5.41) is 3.88. The van der Waals surface area contributed by atoms with Crippen LogP contribution in [0.1, 0.15) is 73.2 Å². The predicted molar refractivity (Wildman–Crippen MR) is 104 cm³/mol. The van der Waals surface area contributed by atoms with Gasteiger partial charge in [0.2, 0.25) is 5.91 Å². The van der Waals surface area contributed by atoms with Crippen LogP contribution >= 0.6 is 11.3 Å². The lowest BCUT2D eigenvalue weighted by Gasteiger charge is -2.20. The zero-order valence-electron chi connectivity index (χ0n) is 15.8. The molecule has 4 rings (SSSR count). The van der Waals surface area contributed by atoms with E-state index in [2.05, 4.69) is 12.2 Å². The molecule has 0 spiro atoms. The molecule has 1 heterocycles. The van der Waals surface area contributed by atoms with Crippen LogP contribution in [-0.2, 0) is 22.4 Å². The second kappa shape index (κ2) is 7.34. The van der Waals surface area contributed by atoms with Gasteiger partial charge in [0.25, 0.3) is 0 Å². The summed E-state index contributed by atoms with van der Waals surface area (Å²) in [6.07, 6.45) is 8.52. The van der Waals surface area contributed by atoms with Crippen molar-refractivity contribution in [1.82, 2.24) is 0 Å². The van der Waals surface area contributed by atoms with Crippen LogP contribution in [0.25, 0.3) is 0 Å². The van der Waals surface area contributed by atoms with Gasteiger partial charge in [-0.1, -0.05) is 20.3 Å². The normalized spacial score (nSPS) is 29.5. The molecule has 5 heteroatoms. The van der Waals surface area contributed by atoms with Gasteiger partial charge in [-0.3, -0.25) is 4.79 Å². The van der Waals surface area contributed by atoms with Crippen LogP contribution in [0, 0.1) is 23.7 Å². The lowest BCUT2D eigenvalue weighted by Crippen LogP contribution is -2.27. The van der Waals surface area contributed by atoms with E-state index in [0.29, 0.717) is 24.0 Å². The van der Waals surface area contributed by atoms with Crippen molar-refractivity contribution in [3.05, 3.63) is 16.0 Å². The number of carbonyl (C=O) groups is 2. The summed E-state index contributed by atoms with van der Waals surface area (Å²) in [7, 11) is 0. The number of rotatable bonds is 5. The van der Waals surface area contributed by atoms with Crippen LogP contribution in [0.3, 0.4) is 0 Å². The third-order valence-electron chi connectivity index (χ3n) is 6.46. The molecule has 0 aliphatic heterocycles. The Hall–Kier alpha value is -1.36. The van der Waals surface area contributed by atoms with Gasteiger partial charge >= 0.3 is 5.97 Å². The van der Waals surface area contributed by atoms with Crippen molar-refractivity contribution in [3.8, 4) is 0 Å². The first kappa shape index (κ1) is 18.0. The highest BCUT2D eigenvalue weighted by atomic mass is 32.1. The molecule has 2 saturated carbocycles. The zero-order valence-corrected chi connectivity index (χ0v) is 16.6. The van der Waals surface area contributed by atoms with Gasteiger partial charge in [0, 0.05) is 10.8 Å². The third kappa shape index (κ3) is 3.30. The summed E-state index contributed by atoms with van der Waals surface area (Å²) in [5.74, 6) is 1.91. The smallest absolute Gasteiger partial charge is 0.341 e. The average molecular weight is 376 g/mol. The molecule has 0 radical (unpaired) electrons. The van der Waals surface area contributed by atoms with Gasteiger partial charge in [-0.2, -0.15) is 0 Å². The van der Waals surface area contributed by atoms with Gasteiger partial charge in [0.1, 0.15) is 5.00 Å². The molecule has 1 amide bonds. The van der Waals surface area contributed by atoms with Crippen molar-refractivity contribution in [3.63, 3.8) is 0 Å². The Kier molecular flexibility index (Phi) is 5.09. The quantitative estimate of drug-likeness (QED) is 0.751. The Labute approximate surface area is 159 Å². The van der Waals surface area contributed by atoms with E-state index in [-0.39, 0.29) is 17.8 Å². The molecule has 0 unspecified atom stereocenters. The maximum absolute atomic E-state index is 12.9. The van der Waals surface area contributed by atoms with E-state index in [9.17, 15) is 9.59 Å². The highest BCUT2D eigenvalue weighted by Gasteiger charge is 2.43. The van der Waals surface area contributed by atoms with Crippen LogP contribution in [0.2, 0.25) is 0 Å². The Morgan fingerprint density at radius 2 is 2.08 bits per heavy atom. The first-order valence-electron chi connectivity index (χ1n) is 10.2. The molecule has 1 N–H and O–H groups in total. The fourth-order valence-electron chi connectivity index (χ4n) is 5.09. The van der Waals surface area contributed by atoms with Crippen molar-refractivity contribution >= 4 is 28.2 Å². The van der Waals surface area contributed by atoms with Crippen LogP contribution in [0.4, 0.5) is 5.00 Å². The van der Waals surface area contributed by atoms with Crippen molar-refractivity contribution < 1.29 is 14.3 Å². The fraction of sp³-hybridized carbons (Fsp3) is 0.714. The monoisotopic (exact) mass is 375 g/mol. The number of amides is 1. The summed E-state index contributed by atoms with van der Waals surface area (Å²) in [4.78, 5) is 26.9. The molecular formula is C21H29NO3S. The second-order valence-corrected chi connectivity index (χ2v) is 9.57. The molecule has 1 aromatic heterocycles. The first-order valence-corrected chi connectivity index (χ1v) is 11.0. The van der Waals surface area contributed by atoms with Crippen molar-refractivity contribution in [2.24, 2.45) is 23.7 Å². The third-order valence-corrected chi connectivity index (χ3v) is 7.63. The molecule has 142 valence electrons. The molecule has 3 aliphatic rings. The predicted octanol–water partition coefficient (Wildman–Crippen LogP) is 4.81. The van der Waals surface area contributed by atoms with E-state index < -0.39 is 0 Å². The molecule has 26 heavy (non-hydrogen) atoms. The first-order chi connectivity index (χ1) is 12.6. The number of hydrogen-bond donors (Lipinski definition) is 1. The average Bonchev–Trinajstić information content (AvgIpc) is 3.32. The topological polar surface area (TPSA) is 55.4 Å². The molecule has 1 aromatic rings. The van der Waals surface area contributed by atoms with Crippen molar-refractivity contribution in [1.29, 1.82) is 0 Å². The molecule has 0 aromatic carbocycles. The molecule has 3 aliphatic carbocycles. The van der Waals surface area contributed by atoms with Crippen LogP contribution in [0.5, 0.6) is 0 Å². The second-order valence-electron chi connectivity index (χ2n) is 8.46. The molecule has 4 atom stereocenters. The van der Waals surface area contributed by atoms with E-state index in [1.807, 2.05) is 6.92 Å². The minimum Gasteiger partial charge on any atom is -0.462 e. The summed E-state index contributed by atoms with van der Waals surface area (Å²) in [6.45, 7) is 4.68. The SMILES string of the molecule is CCCOC(=O)c1c(NC(=O)[C@@H]2C[C@@H]3CC[C@@H]2C3)sc2c1CC[C@@H](C)C2. The highest BCUT2D eigenvalue weighted by Crippen LogP contribution is 2.49. The van der Waals surface area contributed by atoms with E-state index in [4.69, 9.17) is 4.74 Å². The number of ether oxygens (including phenoxy) is 1. The van der Waals surface area contributed by atoms with E-state index in [0.717, 1.165) is 48.6 Å². The van der Waals surface area contributed by atoms with Gasteiger partial charge in [-0.15, -0.1) is 11.3 Å². The number of carbonyl (C=O) groups excluding carboxylic acids is 2. The van der Waals surface area contributed by atoms with Crippen molar-refractivity contribution in [2.75, 3.05) is 11.9 Å². The van der Waals surface area contributed by atoms with E-state index in [1.54, 1.807) is 11.3 Å². The largest absolute Gasteiger partial charge is 0.462 e. The lowest BCUT2D eigenvalue weighted by molar-refractivity contribution is -0.121. The summed E-state index contributed by atoms with van der Waals surface area (Å²) in [6, 6.07) is 0. The maximum atomic E-state index is 12.9. The number of esters is 1. The molecular weight excluding hydrogens is 346 g/mol. The molecule has 4 nitrogen and oxygen atoms in total. The minimum atomic E-state index is -0.262. The fourth-order valence-corrected chi connectivity index (χ4v) is 6.49. The van der Waals surface area contributed by atoms with E-state index >= 15 is 0 Å². The minimum absolute atomic E-state index is 0.119. The molecule has 0 saturated heterocycles. The highest BCUT2D eigenvalue weighted by molar-refractivity contribution is 7.17. The Morgan fingerprint density at radius 1 is 1.23 bits per heavy atom. The maximum Gasteiger partial charge on any atom is 0.341 e. The summed E-state index contributed by atoms with van der Waals surface area (Å²) in [5.41, 5.74) is 1.76. The van der Waals surface area contributed by atoms with Gasteiger partial charge in [-0.25, -0.2) is 4.79 Å². The number of nitrogens with one attached hydrogen (secondary N) is 1. The Balaban J connectivity index is 1.58. The van der Waals surface area contributed by atoms with Gasteiger partial charge < -0.3 is 10.1 Å². The van der Waals surface area contributed by atoms with Crippen LogP contribution in [-0.4, -0.2) is 18.5 Å². The Bertz CT molecular complexity index is 710. The Morgan fingerprint density at radius 3 is 2.77 bits per heavy atom. The molecule has 2 bridgehead atoms. The number of anilines is 1. The number of hydrogen-bond acceptors (Lipinski definition) is 4. The zero-order chi connectivity index (χ0) is 18.3. The number of fused-ring (bicyclic) bond motifs is 3. The van der Waals surface area contributed by atoms with Crippen molar-refractivity contribution in [2.45, 2.75) is 65.2 Å².